The molecule has 9 nitrogen and oxygen atoms in total. The quantitative estimate of drug-likeness (QED) is 0.742. The predicted molar refractivity (Wildman–Crippen MR) is 117 cm³/mol. The van der Waals surface area contributed by atoms with E-state index in [9.17, 15) is 9.59 Å². The molecule has 4 heterocycles. The largest absolute Gasteiger partial charge is 0.378 e. The van der Waals surface area contributed by atoms with Crippen LogP contribution in [0.4, 0.5) is 5.82 Å². The van der Waals surface area contributed by atoms with Crippen molar-refractivity contribution in [2.45, 2.75) is 45.1 Å². The van der Waals surface area contributed by atoms with Crippen molar-refractivity contribution >= 4 is 17.6 Å². The van der Waals surface area contributed by atoms with E-state index in [4.69, 9.17) is 14.7 Å². The van der Waals surface area contributed by atoms with Crippen LogP contribution in [0.3, 0.4) is 0 Å². The number of morpholine rings is 1. The van der Waals surface area contributed by atoms with Crippen LogP contribution in [0.15, 0.2) is 0 Å². The van der Waals surface area contributed by atoms with Gasteiger partial charge in [0.25, 0.3) is 0 Å². The fourth-order valence-corrected chi connectivity index (χ4v) is 4.66. The summed E-state index contributed by atoms with van der Waals surface area (Å²) in [5.41, 5.74) is 2.16. The number of aromatic nitrogens is 2. The predicted octanol–water partition coefficient (Wildman–Crippen LogP) is 0.456. The lowest BCUT2D eigenvalue weighted by Crippen LogP contribution is -2.55. The van der Waals surface area contributed by atoms with Gasteiger partial charge in [0.1, 0.15) is 11.6 Å². The zero-order valence-corrected chi connectivity index (χ0v) is 18.9. The summed E-state index contributed by atoms with van der Waals surface area (Å²) in [7, 11) is 1.91. The van der Waals surface area contributed by atoms with Gasteiger partial charge in [-0.2, -0.15) is 0 Å². The third-order valence-corrected chi connectivity index (χ3v) is 6.87. The molecule has 0 aliphatic carbocycles. The molecule has 3 aliphatic heterocycles. The van der Waals surface area contributed by atoms with Gasteiger partial charge < -0.3 is 19.9 Å². The fourth-order valence-electron chi connectivity index (χ4n) is 4.66. The minimum absolute atomic E-state index is 0.0452. The molecular weight excluding hydrogens is 396 g/mol. The molecule has 170 valence electrons. The van der Waals surface area contributed by atoms with Crippen molar-refractivity contribution in [1.82, 2.24) is 25.1 Å². The van der Waals surface area contributed by atoms with E-state index in [2.05, 4.69) is 24.1 Å². The first-order valence-electron chi connectivity index (χ1n) is 11.4. The second kappa shape index (κ2) is 9.48. The summed E-state index contributed by atoms with van der Waals surface area (Å²) >= 11 is 0. The number of likely N-dealkylation sites (N-methyl/N-ethyl adjacent to an activating group) is 1. The van der Waals surface area contributed by atoms with Crippen molar-refractivity contribution in [3.8, 4) is 0 Å². The number of nitrogens with zero attached hydrogens (tertiary/aromatic N) is 5. The molecule has 1 N–H and O–H groups in total. The molecule has 0 saturated carbocycles. The molecule has 0 bridgehead atoms. The number of nitrogens with one attached hydrogen (secondary N) is 1. The van der Waals surface area contributed by atoms with Crippen LogP contribution in [0.5, 0.6) is 0 Å². The average Bonchev–Trinajstić information content (AvgIpc) is 2.78. The summed E-state index contributed by atoms with van der Waals surface area (Å²) in [6.45, 7) is 10.1. The molecule has 1 aromatic rings. The van der Waals surface area contributed by atoms with Crippen molar-refractivity contribution in [2.24, 2.45) is 0 Å². The lowest BCUT2D eigenvalue weighted by atomic mass is 9.95. The number of hydrogen-bond donors (Lipinski definition) is 1. The molecule has 1 atom stereocenters. The SMILES string of the molecule is Cc1nc(C2CCN(C(=O)CC3C(=O)NCCN3C)CC2)nc(N2CCOCC2)c1C. The minimum Gasteiger partial charge on any atom is -0.378 e. The number of aryl methyl sites for hydroxylation is 1. The van der Waals surface area contributed by atoms with E-state index in [1.165, 1.54) is 0 Å². The minimum atomic E-state index is -0.363. The molecule has 31 heavy (non-hydrogen) atoms. The molecule has 0 spiro atoms. The van der Waals surface area contributed by atoms with Crippen molar-refractivity contribution in [2.75, 3.05) is 64.4 Å². The first kappa shape index (κ1) is 22.0. The Morgan fingerprint density at radius 1 is 1.10 bits per heavy atom. The second-order valence-electron chi connectivity index (χ2n) is 8.86. The van der Waals surface area contributed by atoms with Crippen LogP contribution in [0.2, 0.25) is 0 Å². The van der Waals surface area contributed by atoms with Gasteiger partial charge in [-0.25, -0.2) is 9.97 Å². The summed E-state index contributed by atoms with van der Waals surface area (Å²) in [6, 6.07) is -0.363. The molecule has 3 fully saturated rings. The summed E-state index contributed by atoms with van der Waals surface area (Å²) < 4.78 is 5.49. The Kier molecular flexibility index (Phi) is 6.71. The Labute approximate surface area is 184 Å². The highest BCUT2D eigenvalue weighted by molar-refractivity contribution is 5.88. The standard InChI is InChI=1S/C22H34N6O3/c1-15-16(2)24-20(25-21(15)28-10-12-31-13-11-28)17-4-7-27(8-5-17)19(29)14-18-22(30)23-6-9-26(18)3/h17-18H,4-14H2,1-3H3,(H,23,30). The molecule has 0 aromatic carbocycles. The molecule has 2 amide bonds. The zero-order valence-electron chi connectivity index (χ0n) is 18.9. The van der Waals surface area contributed by atoms with Gasteiger partial charge in [-0.3, -0.25) is 14.5 Å². The number of amides is 2. The lowest BCUT2D eigenvalue weighted by Gasteiger charge is -2.35. The second-order valence-corrected chi connectivity index (χ2v) is 8.86. The van der Waals surface area contributed by atoms with Gasteiger partial charge in [0.2, 0.25) is 11.8 Å². The number of piperazine rings is 1. The number of piperidine rings is 1. The number of carbonyl (C=O) groups is 2. The number of ether oxygens (including phenoxy) is 1. The summed E-state index contributed by atoms with van der Waals surface area (Å²) in [5, 5.41) is 2.86. The van der Waals surface area contributed by atoms with Gasteiger partial charge in [0.15, 0.2) is 0 Å². The fraction of sp³-hybridized carbons (Fsp3) is 0.727. The Morgan fingerprint density at radius 3 is 2.48 bits per heavy atom. The molecule has 3 saturated heterocycles. The lowest BCUT2D eigenvalue weighted by molar-refractivity contribution is -0.139. The summed E-state index contributed by atoms with van der Waals surface area (Å²) in [6.07, 6.45) is 1.95. The summed E-state index contributed by atoms with van der Waals surface area (Å²) in [4.78, 5) is 40.9. The number of carbonyl (C=O) groups excluding carboxylic acids is 2. The topological polar surface area (TPSA) is 90.9 Å². The van der Waals surface area contributed by atoms with Crippen molar-refractivity contribution in [1.29, 1.82) is 0 Å². The van der Waals surface area contributed by atoms with Crippen LogP contribution >= 0.6 is 0 Å². The average molecular weight is 431 g/mol. The van der Waals surface area contributed by atoms with E-state index >= 15 is 0 Å². The Balaban J connectivity index is 1.39. The molecule has 0 radical (unpaired) electrons. The Bertz CT molecular complexity index is 818. The highest BCUT2D eigenvalue weighted by Crippen LogP contribution is 2.30. The van der Waals surface area contributed by atoms with E-state index in [1.807, 2.05) is 16.8 Å². The van der Waals surface area contributed by atoms with Crippen molar-refractivity contribution < 1.29 is 14.3 Å². The van der Waals surface area contributed by atoms with Crippen LogP contribution in [0.25, 0.3) is 0 Å². The maximum atomic E-state index is 12.8. The monoisotopic (exact) mass is 430 g/mol. The van der Waals surface area contributed by atoms with Crippen LogP contribution in [-0.4, -0.2) is 97.2 Å². The van der Waals surface area contributed by atoms with E-state index < -0.39 is 0 Å². The third-order valence-electron chi connectivity index (χ3n) is 6.87. The molecule has 9 heteroatoms. The molecule has 3 aliphatic rings. The maximum absolute atomic E-state index is 12.8. The third kappa shape index (κ3) is 4.82. The van der Waals surface area contributed by atoms with Gasteiger partial charge in [0.05, 0.1) is 25.7 Å². The van der Waals surface area contributed by atoms with Crippen LogP contribution in [0, 0.1) is 13.8 Å². The summed E-state index contributed by atoms with van der Waals surface area (Å²) in [5.74, 6) is 2.18. The Hall–Kier alpha value is -2.26. The van der Waals surface area contributed by atoms with Crippen molar-refractivity contribution in [3.05, 3.63) is 17.1 Å². The molecule has 1 unspecified atom stereocenters. The van der Waals surface area contributed by atoms with Gasteiger partial charge in [-0.15, -0.1) is 0 Å². The van der Waals surface area contributed by atoms with Crippen molar-refractivity contribution in [3.63, 3.8) is 0 Å². The van der Waals surface area contributed by atoms with Gasteiger partial charge in [0, 0.05) is 56.4 Å². The number of likely N-dealkylation sites (tertiary alicyclic amines) is 1. The first-order valence-corrected chi connectivity index (χ1v) is 11.4. The molecular formula is C22H34N6O3. The van der Waals surface area contributed by atoms with E-state index in [0.29, 0.717) is 19.6 Å². The van der Waals surface area contributed by atoms with Gasteiger partial charge in [-0.1, -0.05) is 0 Å². The van der Waals surface area contributed by atoms with E-state index in [0.717, 1.165) is 68.6 Å². The molecule has 1 aromatic heterocycles. The van der Waals surface area contributed by atoms with E-state index in [1.54, 1.807) is 0 Å². The van der Waals surface area contributed by atoms with Gasteiger partial charge in [-0.05, 0) is 33.7 Å². The number of rotatable bonds is 4. The molecule has 4 rings (SSSR count). The highest BCUT2D eigenvalue weighted by atomic mass is 16.5. The van der Waals surface area contributed by atoms with Crippen LogP contribution in [0.1, 0.15) is 42.3 Å². The maximum Gasteiger partial charge on any atom is 0.237 e. The highest BCUT2D eigenvalue weighted by Gasteiger charge is 2.33. The Morgan fingerprint density at radius 2 is 1.81 bits per heavy atom. The van der Waals surface area contributed by atoms with Crippen LogP contribution < -0.4 is 10.2 Å². The van der Waals surface area contributed by atoms with Gasteiger partial charge >= 0.3 is 0 Å². The first-order chi connectivity index (χ1) is 14.9. The van der Waals surface area contributed by atoms with E-state index in [-0.39, 0.29) is 30.2 Å². The zero-order chi connectivity index (χ0) is 22.0. The smallest absolute Gasteiger partial charge is 0.237 e. The number of anilines is 1. The normalized spacial score (nSPS) is 23.7. The number of hydrogen-bond acceptors (Lipinski definition) is 7. The van der Waals surface area contributed by atoms with Crippen LogP contribution in [-0.2, 0) is 14.3 Å².